The molecular weight excluding hydrogens is 363 g/mol. The van der Waals surface area contributed by atoms with Gasteiger partial charge in [0.05, 0.1) is 42.6 Å². The third-order valence-electron chi connectivity index (χ3n) is 4.78. The highest BCUT2D eigenvalue weighted by Gasteiger charge is 2.32. The van der Waals surface area contributed by atoms with Crippen molar-refractivity contribution in [3.05, 3.63) is 41.9 Å². The lowest BCUT2D eigenvalue weighted by Gasteiger charge is -2.16. The molecule has 28 heavy (non-hydrogen) atoms. The van der Waals surface area contributed by atoms with Crippen molar-refractivity contribution >= 4 is 23.2 Å². The lowest BCUT2D eigenvalue weighted by Crippen LogP contribution is -2.34. The molecule has 0 bridgehead atoms. The van der Waals surface area contributed by atoms with Gasteiger partial charge in [-0.3, -0.25) is 4.79 Å². The van der Waals surface area contributed by atoms with E-state index in [1.807, 2.05) is 24.4 Å². The zero-order valence-corrected chi connectivity index (χ0v) is 15.8. The predicted octanol–water partition coefficient (Wildman–Crippen LogP) is 1.13. The van der Waals surface area contributed by atoms with Crippen LogP contribution in [0.15, 0.2) is 24.8 Å². The Morgan fingerprint density at radius 1 is 1.18 bits per heavy atom. The Bertz CT molecular complexity index is 1020. The first-order valence-electron chi connectivity index (χ1n) is 8.97. The number of halogens is 1. The lowest BCUT2D eigenvalue weighted by molar-refractivity contribution is 0.102. The number of rotatable bonds is 4. The Balaban J connectivity index is 1.48. The van der Waals surface area contributed by atoms with Crippen molar-refractivity contribution in [3.63, 3.8) is 0 Å². The van der Waals surface area contributed by atoms with Crippen molar-refractivity contribution in [3.8, 4) is 0 Å². The number of aryl methyl sites for hydroxylation is 2. The Morgan fingerprint density at radius 2 is 2.00 bits per heavy atom. The monoisotopic (exact) mass is 384 g/mol. The average Bonchev–Trinajstić information content (AvgIpc) is 3.24. The molecule has 3 aromatic rings. The van der Waals surface area contributed by atoms with E-state index in [4.69, 9.17) is 0 Å². The minimum Gasteiger partial charge on any atom is -0.351 e. The summed E-state index contributed by atoms with van der Waals surface area (Å²) < 4.78 is 15.7. The van der Waals surface area contributed by atoms with E-state index in [0.29, 0.717) is 23.9 Å². The second-order valence-electron chi connectivity index (χ2n) is 6.85. The molecule has 1 amide bonds. The van der Waals surface area contributed by atoms with Crippen LogP contribution < -0.4 is 15.5 Å². The summed E-state index contributed by atoms with van der Waals surface area (Å²) in [6, 6.07) is -0.235. The zero-order valence-electron chi connectivity index (χ0n) is 15.8. The Morgan fingerprint density at radius 3 is 2.68 bits per heavy atom. The second-order valence-corrected chi connectivity index (χ2v) is 6.85. The van der Waals surface area contributed by atoms with E-state index in [-0.39, 0.29) is 18.3 Å². The van der Waals surface area contributed by atoms with Crippen molar-refractivity contribution in [2.45, 2.75) is 26.1 Å². The van der Waals surface area contributed by atoms with Gasteiger partial charge >= 0.3 is 0 Å². The maximum atomic E-state index is 13.9. The maximum absolute atomic E-state index is 13.9. The van der Waals surface area contributed by atoms with Crippen LogP contribution in [0.1, 0.15) is 21.9 Å². The van der Waals surface area contributed by atoms with Crippen molar-refractivity contribution in [2.75, 3.05) is 30.4 Å². The van der Waals surface area contributed by atoms with Gasteiger partial charge in [-0.05, 0) is 20.9 Å². The van der Waals surface area contributed by atoms with Gasteiger partial charge in [0.15, 0.2) is 5.65 Å². The molecule has 0 unspecified atom stereocenters. The van der Waals surface area contributed by atoms with E-state index in [1.54, 1.807) is 18.1 Å². The number of hydrogen-bond acceptors (Lipinski definition) is 7. The van der Waals surface area contributed by atoms with Gasteiger partial charge < -0.3 is 19.9 Å². The molecule has 3 aromatic heterocycles. The number of amides is 1. The van der Waals surface area contributed by atoms with Gasteiger partial charge in [-0.2, -0.15) is 0 Å². The lowest BCUT2D eigenvalue weighted by atomic mass is 10.2. The highest BCUT2D eigenvalue weighted by molar-refractivity contribution is 6.02. The number of anilines is 2. The highest BCUT2D eigenvalue weighted by Crippen LogP contribution is 2.20. The number of imidazole rings is 1. The third-order valence-corrected chi connectivity index (χ3v) is 4.78. The van der Waals surface area contributed by atoms with Crippen molar-refractivity contribution in [1.82, 2.24) is 29.7 Å². The molecular formula is C18H21FN8O. The zero-order chi connectivity index (χ0) is 19.8. The van der Waals surface area contributed by atoms with Gasteiger partial charge in [-0.1, -0.05) is 0 Å². The number of carbonyl (C=O) groups excluding carboxylic acids is 1. The summed E-state index contributed by atoms with van der Waals surface area (Å²) in [6.07, 6.45) is 5.47. The van der Waals surface area contributed by atoms with E-state index >= 15 is 0 Å². The van der Waals surface area contributed by atoms with Crippen LogP contribution in [0.4, 0.5) is 16.0 Å². The fraction of sp³-hybridized carbons (Fsp3) is 0.389. The van der Waals surface area contributed by atoms with E-state index in [0.717, 1.165) is 11.3 Å². The molecule has 1 fully saturated rings. The largest absolute Gasteiger partial charge is 0.351 e. The molecule has 2 N–H and O–H groups in total. The van der Waals surface area contributed by atoms with E-state index in [9.17, 15) is 9.18 Å². The summed E-state index contributed by atoms with van der Waals surface area (Å²) in [5.74, 6) is 0.524. The smallest absolute Gasteiger partial charge is 0.277 e. The summed E-state index contributed by atoms with van der Waals surface area (Å²) >= 11 is 0. The highest BCUT2D eigenvalue weighted by atomic mass is 19.1. The van der Waals surface area contributed by atoms with Crippen LogP contribution in [-0.2, 0) is 0 Å². The third kappa shape index (κ3) is 3.38. The first-order valence-corrected chi connectivity index (χ1v) is 8.97. The molecule has 1 aliphatic heterocycles. The number of nitrogens with one attached hydrogen (secondary N) is 2. The second kappa shape index (κ2) is 7.12. The molecule has 10 heteroatoms. The van der Waals surface area contributed by atoms with E-state index < -0.39 is 12.1 Å². The van der Waals surface area contributed by atoms with Gasteiger partial charge in [0.1, 0.15) is 23.5 Å². The molecule has 4 rings (SSSR count). The van der Waals surface area contributed by atoms with Crippen molar-refractivity contribution < 1.29 is 9.18 Å². The first kappa shape index (κ1) is 18.2. The molecule has 1 saturated heterocycles. The first-order chi connectivity index (χ1) is 13.4. The SMILES string of the molecule is CN[C@H]1CN(c2cnc(C(=O)Nc3cn4cc(C)nc4c(C)n3)cn2)C[C@H]1F. The molecule has 9 nitrogen and oxygen atoms in total. The quantitative estimate of drug-likeness (QED) is 0.696. The van der Waals surface area contributed by atoms with Gasteiger partial charge in [0.25, 0.3) is 5.91 Å². The van der Waals surface area contributed by atoms with Gasteiger partial charge in [-0.25, -0.2) is 24.3 Å². The van der Waals surface area contributed by atoms with Crippen LogP contribution in [0.3, 0.4) is 0 Å². The summed E-state index contributed by atoms with van der Waals surface area (Å²) in [5, 5.41) is 5.67. The number of alkyl halides is 1. The number of aromatic nitrogens is 5. The van der Waals surface area contributed by atoms with Crippen molar-refractivity contribution in [2.24, 2.45) is 0 Å². The fourth-order valence-corrected chi connectivity index (χ4v) is 3.34. The molecule has 0 aromatic carbocycles. The van der Waals surface area contributed by atoms with Crippen LogP contribution in [0.2, 0.25) is 0 Å². The van der Waals surface area contributed by atoms with Crippen LogP contribution in [-0.4, -0.2) is 62.6 Å². The molecule has 0 radical (unpaired) electrons. The van der Waals surface area contributed by atoms with E-state index in [2.05, 4.69) is 30.6 Å². The summed E-state index contributed by atoms with van der Waals surface area (Å²) in [6.45, 7) is 4.48. The van der Waals surface area contributed by atoms with Crippen LogP contribution >= 0.6 is 0 Å². The number of likely N-dealkylation sites (N-methyl/N-ethyl adjacent to an activating group) is 1. The number of fused-ring (bicyclic) bond motifs is 1. The Labute approximate surface area is 161 Å². The van der Waals surface area contributed by atoms with E-state index in [1.165, 1.54) is 12.4 Å². The molecule has 2 atom stereocenters. The molecule has 0 saturated carbocycles. The summed E-state index contributed by atoms with van der Waals surface area (Å²) in [4.78, 5) is 31.5. The molecule has 1 aliphatic rings. The average molecular weight is 384 g/mol. The molecule has 4 heterocycles. The van der Waals surface area contributed by atoms with Crippen LogP contribution in [0, 0.1) is 13.8 Å². The maximum Gasteiger partial charge on any atom is 0.277 e. The summed E-state index contributed by atoms with van der Waals surface area (Å²) in [7, 11) is 1.73. The molecule has 0 aliphatic carbocycles. The number of hydrogen-bond donors (Lipinski definition) is 2. The summed E-state index contributed by atoms with van der Waals surface area (Å²) in [5.41, 5.74) is 2.48. The van der Waals surface area contributed by atoms with Gasteiger partial charge in [0.2, 0.25) is 0 Å². The minimum atomic E-state index is -0.967. The van der Waals surface area contributed by atoms with Crippen LogP contribution in [0.5, 0.6) is 0 Å². The minimum absolute atomic E-state index is 0.159. The fourth-order valence-electron chi connectivity index (χ4n) is 3.34. The molecule has 146 valence electrons. The van der Waals surface area contributed by atoms with Gasteiger partial charge in [0, 0.05) is 12.7 Å². The topological polar surface area (TPSA) is 100 Å². The number of nitrogens with zero attached hydrogens (tertiary/aromatic N) is 6. The Hall–Kier alpha value is -3.14. The Kier molecular flexibility index (Phi) is 4.63. The molecule has 0 spiro atoms. The van der Waals surface area contributed by atoms with Crippen LogP contribution in [0.25, 0.3) is 5.65 Å². The standard InChI is InChI=1S/C18H21FN8O/c1-10-6-27-9-15(24-11(2)17(27)23-10)25-18(28)13-4-22-16(5-21-13)26-7-12(19)14(8-26)20-3/h4-6,9,12,14,20H,7-8H2,1-3H3,(H,25,28)/t12-,14+/m1/s1. The van der Waals surface area contributed by atoms with Gasteiger partial charge in [-0.15, -0.1) is 0 Å². The van der Waals surface area contributed by atoms with Crippen molar-refractivity contribution in [1.29, 1.82) is 0 Å². The predicted molar refractivity (Wildman–Crippen MR) is 102 cm³/mol. The number of carbonyl (C=O) groups is 1. The normalized spacial score (nSPS) is 19.4.